The van der Waals surface area contributed by atoms with Crippen LogP contribution in [0, 0.1) is 13.8 Å². The molecule has 0 aliphatic carbocycles. The minimum Gasteiger partial charge on any atom is -0.508 e. The molecule has 0 spiro atoms. The second-order valence-corrected chi connectivity index (χ2v) is 10.0. The van der Waals surface area contributed by atoms with Gasteiger partial charge in [-0.15, -0.1) is 0 Å². The highest BCUT2D eigenvalue weighted by molar-refractivity contribution is 5.92. The normalized spacial score (nSPS) is 19.0. The van der Waals surface area contributed by atoms with Crippen molar-refractivity contribution in [3.05, 3.63) is 82.9 Å². The first-order valence-corrected chi connectivity index (χ1v) is 12.7. The number of quaternary nitrogens is 1. The van der Waals surface area contributed by atoms with Crippen LogP contribution in [0.5, 0.6) is 23.0 Å². The van der Waals surface area contributed by atoms with Crippen molar-refractivity contribution < 1.29 is 38.5 Å². The first-order valence-electron chi connectivity index (χ1n) is 12.7. The van der Waals surface area contributed by atoms with Gasteiger partial charge in [0.05, 0.1) is 37.4 Å². The number of aliphatic hydroxyl groups is 1. The summed E-state index contributed by atoms with van der Waals surface area (Å²) < 4.78 is 17.9. The molecule has 0 saturated carbocycles. The number of esters is 2. The summed E-state index contributed by atoms with van der Waals surface area (Å²) in [6, 6.07) is 15.8. The Bertz CT molecular complexity index is 1280. The molecular weight excluding hydrogens is 486 g/mol. The van der Waals surface area contributed by atoms with Gasteiger partial charge in [-0.3, -0.25) is 0 Å². The maximum Gasteiger partial charge on any atom is 0.343 e. The van der Waals surface area contributed by atoms with Gasteiger partial charge in [-0.05, 0) is 85.6 Å². The molecule has 200 valence electrons. The molecule has 8 heteroatoms. The number of benzene rings is 3. The van der Waals surface area contributed by atoms with Crippen molar-refractivity contribution in [2.45, 2.75) is 32.8 Å². The number of hydrogen-bond donors (Lipinski definition) is 2. The SMILES string of the molecule is Cc1c(OC(=O)c2ccc(O)cc2)ccc(OC(=O)c2ccc(OCC[N+]3(C)CCC(O)CC3)cc2)c1C. The van der Waals surface area contributed by atoms with Crippen LogP contribution in [-0.4, -0.2) is 66.0 Å². The van der Waals surface area contributed by atoms with E-state index in [1.54, 1.807) is 50.2 Å². The minimum absolute atomic E-state index is 0.0625. The number of carbonyl (C=O) groups is 2. The fourth-order valence-electron chi connectivity index (χ4n) is 4.38. The van der Waals surface area contributed by atoms with Crippen LogP contribution in [0.3, 0.4) is 0 Å². The molecule has 1 heterocycles. The third-order valence-corrected chi connectivity index (χ3v) is 7.19. The molecule has 3 aromatic carbocycles. The lowest BCUT2D eigenvalue weighted by molar-refractivity contribution is -0.915. The molecule has 0 amide bonds. The Hall–Kier alpha value is -3.88. The fourth-order valence-corrected chi connectivity index (χ4v) is 4.38. The number of aliphatic hydroxyl groups excluding tert-OH is 1. The predicted molar refractivity (Wildman–Crippen MR) is 142 cm³/mol. The number of aromatic hydroxyl groups is 1. The topological polar surface area (TPSA) is 102 Å². The van der Waals surface area contributed by atoms with Crippen molar-refractivity contribution in [2.75, 3.05) is 33.3 Å². The van der Waals surface area contributed by atoms with Gasteiger partial charge >= 0.3 is 11.9 Å². The largest absolute Gasteiger partial charge is 0.508 e. The smallest absolute Gasteiger partial charge is 0.343 e. The molecule has 1 saturated heterocycles. The van der Waals surface area contributed by atoms with E-state index in [0.717, 1.165) is 37.0 Å². The fraction of sp³-hybridized carbons (Fsp3) is 0.333. The van der Waals surface area contributed by atoms with Crippen LogP contribution >= 0.6 is 0 Å². The van der Waals surface area contributed by atoms with Crippen molar-refractivity contribution in [1.82, 2.24) is 0 Å². The van der Waals surface area contributed by atoms with E-state index in [-0.39, 0.29) is 11.9 Å². The highest BCUT2D eigenvalue weighted by Gasteiger charge is 2.28. The van der Waals surface area contributed by atoms with Crippen molar-refractivity contribution in [3.8, 4) is 23.0 Å². The number of rotatable bonds is 8. The number of hydrogen-bond acceptors (Lipinski definition) is 7. The molecule has 4 rings (SSSR count). The molecule has 1 aliphatic rings. The summed E-state index contributed by atoms with van der Waals surface area (Å²) in [4.78, 5) is 25.2. The summed E-state index contributed by atoms with van der Waals surface area (Å²) >= 11 is 0. The molecule has 0 atom stereocenters. The number of phenols is 1. The Balaban J connectivity index is 1.32. The molecule has 0 radical (unpaired) electrons. The maximum absolute atomic E-state index is 12.8. The van der Waals surface area contributed by atoms with E-state index in [9.17, 15) is 19.8 Å². The van der Waals surface area contributed by atoms with Crippen molar-refractivity contribution >= 4 is 11.9 Å². The number of ether oxygens (including phenoxy) is 3. The number of likely N-dealkylation sites (tertiary alicyclic amines) is 1. The van der Waals surface area contributed by atoms with E-state index in [1.165, 1.54) is 24.3 Å². The Labute approximate surface area is 222 Å². The van der Waals surface area contributed by atoms with Crippen molar-refractivity contribution in [2.24, 2.45) is 0 Å². The van der Waals surface area contributed by atoms with E-state index >= 15 is 0 Å². The first-order chi connectivity index (χ1) is 18.1. The molecule has 1 fully saturated rings. The molecule has 1 aliphatic heterocycles. The zero-order valence-electron chi connectivity index (χ0n) is 22.0. The van der Waals surface area contributed by atoms with E-state index < -0.39 is 11.9 Å². The molecule has 8 nitrogen and oxygen atoms in total. The van der Waals surface area contributed by atoms with Gasteiger partial charge in [0.25, 0.3) is 0 Å². The van der Waals surface area contributed by atoms with Gasteiger partial charge < -0.3 is 28.9 Å². The van der Waals surface area contributed by atoms with Crippen LogP contribution in [0.2, 0.25) is 0 Å². The number of likely N-dealkylation sites (N-methyl/N-ethyl adjacent to an activating group) is 1. The standard InChI is InChI=1S/C30H33NO7/c1-20-21(2)28(13-12-27(20)37-29(34)22-4-8-24(32)9-5-22)38-30(35)23-6-10-26(11-7-23)36-19-18-31(3)16-14-25(33)15-17-31/h4-13,25,33H,14-19H2,1-3H3/p+1. The van der Waals surface area contributed by atoms with Crippen molar-refractivity contribution in [3.63, 3.8) is 0 Å². The van der Waals surface area contributed by atoms with Crippen molar-refractivity contribution in [1.29, 1.82) is 0 Å². The average Bonchev–Trinajstić information content (AvgIpc) is 2.91. The second-order valence-electron chi connectivity index (χ2n) is 10.0. The molecule has 2 N–H and O–H groups in total. The van der Waals surface area contributed by atoms with Crippen LogP contribution in [0.1, 0.15) is 44.7 Å². The van der Waals surface area contributed by atoms with Crippen LogP contribution in [-0.2, 0) is 0 Å². The number of piperidine rings is 1. The van der Waals surface area contributed by atoms with Crippen LogP contribution in [0.4, 0.5) is 0 Å². The highest BCUT2D eigenvalue weighted by atomic mass is 16.5. The highest BCUT2D eigenvalue weighted by Crippen LogP contribution is 2.30. The lowest BCUT2D eigenvalue weighted by atomic mass is 10.1. The Morgan fingerprint density at radius 1 is 0.816 bits per heavy atom. The zero-order valence-corrected chi connectivity index (χ0v) is 22.0. The van der Waals surface area contributed by atoms with E-state index in [2.05, 4.69) is 7.05 Å². The summed E-state index contributed by atoms with van der Waals surface area (Å²) in [7, 11) is 2.18. The van der Waals surface area contributed by atoms with Gasteiger partial charge in [0, 0.05) is 12.8 Å². The van der Waals surface area contributed by atoms with E-state index in [1.807, 2.05) is 0 Å². The lowest BCUT2D eigenvalue weighted by Crippen LogP contribution is -2.52. The first kappa shape index (κ1) is 27.2. The maximum atomic E-state index is 12.8. The number of phenolic OH excluding ortho intramolecular Hbond substituents is 1. The Kier molecular flexibility index (Phi) is 8.34. The van der Waals surface area contributed by atoms with Gasteiger partial charge in [0.15, 0.2) is 0 Å². The van der Waals surface area contributed by atoms with Gasteiger partial charge in [-0.1, -0.05) is 0 Å². The molecular formula is C30H34NO7+. The molecule has 3 aromatic rings. The van der Waals surface area contributed by atoms with Gasteiger partial charge in [0.2, 0.25) is 0 Å². The molecule has 0 aromatic heterocycles. The summed E-state index contributed by atoms with van der Waals surface area (Å²) in [5.41, 5.74) is 2.05. The number of carbonyl (C=O) groups excluding carboxylic acids is 2. The third kappa shape index (κ3) is 6.70. The van der Waals surface area contributed by atoms with E-state index in [0.29, 0.717) is 46.1 Å². The van der Waals surface area contributed by atoms with Crippen LogP contribution in [0.25, 0.3) is 0 Å². The summed E-state index contributed by atoms with van der Waals surface area (Å²) in [5.74, 6) is 0.423. The van der Waals surface area contributed by atoms with Crippen LogP contribution < -0.4 is 14.2 Å². The summed E-state index contributed by atoms with van der Waals surface area (Å²) in [5, 5.41) is 19.1. The predicted octanol–water partition coefficient (Wildman–Crippen LogP) is 4.43. The minimum atomic E-state index is -0.551. The second kappa shape index (κ2) is 11.7. The van der Waals surface area contributed by atoms with Gasteiger partial charge in [-0.2, -0.15) is 0 Å². The quantitative estimate of drug-likeness (QED) is 0.257. The molecule has 0 bridgehead atoms. The average molecular weight is 521 g/mol. The summed E-state index contributed by atoms with van der Waals surface area (Å²) in [6.45, 7) is 6.87. The Morgan fingerprint density at radius 2 is 1.29 bits per heavy atom. The number of nitrogens with zero attached hydrogens (tertiary/aromatic N) is 1. The summed E-state index contributed by atoms with van der Waals surface area (Å²) in [6.07, 6.45) is 1.45. The molecule has 38 heavy (non-hydrogen) atoms. The monoisotopic (exact) mass is 520 g/mol. The zero-order chi connectivity index (χ0) is 27.3. The molecule has 0 unspecified atom stereocenters. The van der Waals surface area contributed by atoms with Crippen LogP contribution in [0.15, 0.2) is 60.7 Å². The van der Waals surface area contributed by atoms with E-state index in [4.69, 9.17) is 14.2 Å². The van der Waals surface area contributed by atoms with Gasteiger partial charge in [0.1, 0.15) is 36.1 Å². The van der Waals surface area contributed by atoms with Gasteiger partial charge in [-0.25, -0.2) is 9.59 Å². The third-order valence-electron chi connectivity index (χ3n) is 7.19. The Morgan fingerprint density at radius 3 is 1.79 bits per heavy atom. The lowest BCUT2D eigenvalue weighted by Gasteiger charge is -2.39.